The van der Waals surface area contributed by atoms with Crippen LogP contribution in [-0.2, 0) is 24.0 Å². The molecule has 2 saturated heterocycles. The fourth-order valence-electron chi connectivity index (χ4n) is 4.53. The van der Waals surface area contributed by atoms with E-state index in [0.29, 0.717) is 32.2 Å². The van der Waals surface area contributed by atoms with Gasteiger partial charge in [0.05, 0.1) is 19.3 Å². The molecule has 13 heteroatoms. The van der Waals surface area contributed by atoms with Crippen LogP contribution in [0.25, 0.3) is 0 Å². The number of carbonyl (C=O) groups is 5. The summed E-state index contributed by atoms with van der Waals surface area (Å²) in [5, 5.41) is 33.3. The molecule has 0 aromatic rings. The summed E-state index contributed by atoms with van der Waals surface area (Å²) in [5.41, 5.74) is 5.99. The average Bonchev–Trinajstić information content (AvgIpc) is 3.49. The summed E-state index contributed by atoms with van der Waals surface area (Å²) in [5.74, 6) is -3.67. The lowest BCUT2D eigenvalue weighted by Gasteiger charge is -2.29. The molecule has 2 aliphatic rings. The van der Waals surface area contributed by atoms with E-state index in [1.54, 1.807) is 0 Å². The van der Waals surface area contributed by atoms with E-state index in [-0.39, 0.29) is 24.8 Å². The Labute approximate surface area is 204 Å². The van der Waals surface area contributed by atoms with Gasteiger partial charge >= 0.3 is 5.97 Å². The van der Waals surface area contributed by atoms with Gasteiger partial charge in [0.1, 0.15) is 24.2 Å². The zero-order valence-electron chi connectivity index (χ0n) is 20.2. The van der Waals surface area contributed by atoms with E-state index in [4.69, 9.17) is 5.73 Å². The molecule has 0 aliphatic carbocycles. The molecule has 0 radical (unpaired) electrons. The first-order chi connectivity index (χ1) is 16.5. The van der Waals surface area contributed by atoms with Gasteiger partial charge < -0.3 is 41.5 Å². The fourth-order valence-corrected chi connectivity index (χ4v) is 4.53. The predicted molar refractivity (Wildman–Crippen MR) is 123 cm³/mol. The molecule has 0 bridgehead atoms. The van der Waals surface area contributed by atoms with Gasteiger partial charge in [-0.05, 0) is 38.0 Å². The Kier molecular flexibility index (Phi) is 10.4. The van der Waals surface area contributed by atoms with E-state index in [2.05, 4.69) is 10.6 Å². The molecule has 2 heterocycles. The second-order valence-corrected chi connectivity index (χ2v) is 9.44. The number of nitrogens with one attached hydrogen (secondary N) is 2. The standard InChI is InChI=1S/C22H37N5O8/c1-12(2)9-13(23)20(32)26-7-3-5-16(26)19(31)24-14(10-28)18(30)25-15(11-29)21(33)27-8-4-6-17(27)22(34)35/h12-17,28-29H,3-11,23H2,1-2H3,(H,24,31)(H,25,30)(H,34,35)/t13-,14-,15-,16-,17-/m0/s1. The van der Waals surface area contributed by atoms with Crippen molar-refractivity contribution < 1.29 is 39.3 Å². The van der Waals surface area contributed by atoms with E-state index in [1.807, 2.05) is 13.8 Å². The van der Waals surface area contributed by atoms with Gasteiger partial charge in [0.15, 0.2) is 0 Å². The summed E-state index contributed by atoms with van der Waals surface area (Å²) in [7, 11) is 0. The van der Waals surface area contributed by atoms with Crippen LogP contribution in [0.2, 0.25) is 0 Å². The number of nitrogens with two attached hydrogens (primary N) is 1. The van der Waals surface area contributed by atoms with Gasteiger partial charge in [0.25, 0.3) is 0 Å². The number of likely N-dealkylation sites (tertiary alicyclic amines) is 2. The lowest BCUT2D eigenvalue weighted by molar-refractivity contribution is -0.150. The van der Waals surface area contributed by atoms with Gasteiger partial charge in [-0.3, -0.25) is 19.2 Å². The molecule has 0 spiro atoms. The molecular formula is C22H37N5O8. The SMILES string of the molecule is CC(C)C[C@H](N)C(=O)N1CCC[C@H]1C(=O)N[C@@H](CO)C(=O)N[C@@H](CO)C(=O)N1CCC[C@H]1C(=O)O. The van der Waals surface area contributed by atoms with Crippen molar-refractivity contribution >= 4 is 29.6 Å². The summed E-state index contributed by atoms with van der Waals surface area (Å²) >= 11 is 0. The highest BCUT2D eigenvalue weighted by Gasteiger charge is 2.40. The first kappa shape index (κ1) is 28.5. The maximum absolute atomic E-state index is 12.9. The van der Waals surface area contributed by atoms with Crippen molar-refractivity contribution in [3.05, 3.63) is 0 Å². The Morgan fingerprint density at radius 2 is 1.43 bits per heavy atom. The zero-order valence-corrected chi connectivity index (χ0v) is 20.2. The summed E-state index contributed by atoms with van der Waals surface area (Å²) in [4.78, 5) is 64.8. The minimum Gasteiger partial charge on any atom is -0.480 e. The van der Waals surface area contributed by atoms with Crippen LogP contribution < -0.4 is 16.4 Å². The van der Waals surface area contributed by atoms with Crippen LogP contribution in [0.5, 0.6) is 0 Å². The third kappa shape index (κ3) is 7.12. The topological polar surface area (TPSA) is 203 Å². The molecule has 13 nitrogen and oxygen atoms in total. The van der Waals surface area contributed by atoms with Crippen LogP contribution in [-0.4, -0.2) is 111 Å². The van der Waals surface area contributed by atoms with Gasteiger partial charge in [-0.15, -0.1) is 0 Å². The predicted octanol–water partition coefficient (Wildman–Crippen LogP) is -2.62. The van der Waals surface area contributed by atoms with Crippen LogP contribution in [0.4, 0.5) is 0 Å². The van der Waals surface area contributed by atoms with Crippen LogP contribution in [0.15, 0.2) is 0 Å². The van der Waals surface area contributed by atoms with Gasteiger partial charge in [0.2, 0.25) is 23.6 Å². The average molecular weight is 500 g/mol. The molecule has 0 aromatic carbocycles. The number of aliphatic hydroxyl groups excluding tert-OH is 2. The molecule has 7 N–H and O–H groups in total. The molecule has 2 rings (SSSR count). The quantitative estimate of drug-likeness (QED) is 0.176. The summed E-state index contributed by atoms with van der Waals surface area (Å²) in [6.45, 7) is 2.80. The Bertz CT molecular complexity index is 807. The second kappa shape index (κ2) is 12.8. The van der Waals surface area contributed by atoms with Crippen LogP contribution in [0.3, 0.4) is 0 Å². The Morgan fingerprint density at radius 1 is 0.886 bits per heavy atom. The Morgan fingerprint density at radius 3 is 1.94 bits per heavy atom. The zero-order chi connectivity index (χ0) is 26.3. The van der Waals surface area contributed by atoms with E-state index in [9.17, 15) is 39.3 Å². The van der Waals surface area contributed by atoms with Crippen molar-refractivity contribution in [1.82, 2.24) is 20.4 Å². The highest BCUT2D eigenvalue weighted by Crippen LogP contribution is 2.20. The maximum Gasteiger partial charge on any atom is 0.326 e. The normalized spacial score (nSPS) is 22.6. The number of hydrogen-bond donors (Lipinski definition) is 6. The molecule has 198 valence electrons. The Hall–Kier alpha value is -2.77. The lowest BCUT2D eigenvalue weighted by atomic mass is 10.0. The smallest absolute Gasteiger partial charge is 0.326 e. The summed E-state index contributed by atoms with van der Waals surface area (Å²) < 4.78 is 0. The van der Waals surface area contributed by atoms with E-state index in [1.165, 1.54) is 4.90 Å². The highest BCUT2D eigenvalue weighted by atomic mass is 16.4. The van der Waals surface area contributed by atoms with Crippen molar-refractivity contribution in [1.29, 1.82) is 0 Å². The lowest BCUT2D eigenvalue weighted by Crippen LogP contribution is -2.59. The summed E-state index contributed by atoms with van der Waals surface area (Å²) in [6.07, 6.45) is 2.15. The number of aliphatic carboxylic acids is 1. The third-order valence-corrected chi connectivity index (χ3v) is 6.31. The molecule has 2 aliphatic heterocycles. The minimum atomic E-state index is -1.44. The number of aliphatic hydroxyl groups is 2. The first-order valence-corrected chi connectivity index (χ1v) is 11.9. The minimum absolute atomic E-state index is 0.173. The third-order valence-electron chi connectivity index (χ3n) is 6.31. The van der Waals surface area contributed by atoms with Crippen molar-refractivity contribution in [2.75, 3.05) is 26.3 Å². The van der Waals surface area contributed by atoms with Crippen LogP contribution in [0.1, 0.15) is 46.0 Å². The number of amides is 4. The number of carboxylic acids is 1. The maximum atomic E-state index is 12.9. The van der Waals surface area contributed by atoms with Crippen molar-refractivity contribution in [3.8, 4) is 0 Å². The van der Waals surface area contributed by atoms with E-state index >= 15 is 0 Å². The number of carboxylic acid groups (broad SMARTS) is 1. The van der Waals surface area contributed by atoms with Crippen LogP contribution in [0, 0.1) is 5.92 Å². The molecule has 0 saturated carbocycles. The van der Waals surface area contributed by atoms with E-state index < -0.39 is 67.1 Å². The summed E-state index contributed by atoms with van der Waals surface area (Å²) in [6, 6.07) is -5.53. The Balaban J connectivity index is 2.01. The molecule has 0 unspecified atom stereocenters. The number of carbonyl (C=O) groups excluding carboxylic acids is 4. The first-order valence-electron chi connectivity index (χ1n) is 11.9. The number of rotatable bonds is 11. The van der Waals surface area contributed by atoms with Crippen molar-refractivity contribution in [3.63, 3.8) is 0 Å². The largest absolute Gasteiger partial charge is 0.480 e. The molecule has 2 fully saturated rings. The molecule has 5 atom stereocenters. The van der Waals surface area contributed by atoms with Gasteiger partial charge in [-0.1, -0.05) is 13.8 Å². The highest BCUT2D eigenvalue weighted by molar-refractivity contribution is 5.95. The number of hydrogen-bond acceptors (Lipinski definition) is 8. The fraction of sp³-hybridized carbons (Fsp3) is 0.773. The van der Waals surface area contributed by atoms with Gasteiger partial charge in [-0.2, -0.15) is 0 Å². The van der Waals surface area contributed by atoms with Gasteiger partial charge in [-0.25, -0.2) is 4.79 Å². The molecular weight excluding hydrogens is 462 g/mol. The molecule has 35 heavy (non-hydrogen) atoms. The van der Waals surface area contributed by atoms with Crippen molar-refractivity contribution in [2.24, 2.45) is 11.7 Å². The molecule has 4 amide bonds. The second-order valence-electron chi connectivity index (χ2n) is 9.44. The van der Waals surface area contributed by atoms with E-state index in [0.717, 1.165) is 4.90 Å². The van der Waals surface area contributed by atoms with Crippen molar-refractivity contribution in [2.45, 2.75) is 76.2 Å². The van der Waals surface area contributed by atoms with Gasteiger partial charge in [0, 0.05) is 13.1 Å². The monoisotopic (exact) mass is 499 g/mol. The number of nitrogens with zero attached hydrogens (tertiary/aromatic N) is 2. The molecule has 0 aromatic heterocycles. The van der Waals surface area contributed by atoms with Crippen LogP contribution >= 0.6 is 0 Å².